The van der Waals surface area contributed by atoms with Gasteiger partial charge < -0.3 is 5.32 Å². The first-order valence-corrected chi connectivity index (χ1v) is 9.36. The molecule has 25 heavy (non-hydrogen) atoms. The molecule has 132 valence electrons. The van der Waals surface area contributed by atoms with Gasteiger partial charge in [0.1, 0.15) is 17.5 Å². The largest absolute Gasteiger partial charge is 0.348 e. The van der Waals surface area contributed by atoms with E-state index in [4.69, 9.17) is 0 Å². The van der Waals surface area contributed by atoms with Crippen molar-refractivity contribution in [3.8, 4) is 0 Å². The van der Waals surface area contributed by atoms with Gasteiger partial charge in [-0.05, 0) is 37.1 Å². The maximum absolute atomic E-state index is 4.40. The van der Waals surface area contributed by atoms with Gasteiger partial charge in [0.2, 0.25) is 0 Å². The molecule has 1 unspecified atom stereocenters. The third-order valence-electron chi connectivity index (χ3n) is 4.48. The minimum Gasteiger partial charge on any atom is -0.348 e. The third kappa shape index (κ3) is 4.78. The lowest BCUT2D eigenvalue weighted by atomic mass is 10.1. The molecule has 0 saturated carbocycles. The monoisotopic (exact) mass is 337 g/mol. The van der Waals surface area contributed by atoms with E-state index in [-0.39, 0.29) is 6.17 Å². The molecule has 0 aliphatic heterocycles. The average molecular weight is 337 g/mol. The zero-order chi connectivity index (χ0) is 17.3. The number of hydrogen-bond acceptors (Lipinski definition) is 4. The summed E-state index contributed by atoms with van der Waals surface area (Å²) in [6.45, 7) is 2.25. The second-order valence-corrected chi connectivity index (χ2v) is 6.45. The average Bonchev–Trinajstić information content (AvgIpc) is 3.08. The number of benzene rings is 1. The van der Waals surface area contributed by atoms with Crippen LogP contribution in [0.3, 0.4) is 0 Å². The minimum atomic E-state index is 0.0634. The van der Waals surface area contributed by atoms with Crippen molar-refractivity contribution in [2.75, 3.05) is 5.32 Å². The second kappa shape index (κ2) is 9.16. The van der Waals surface area contributed by atoms with Crippen molar-refractivity contribution < 1.29 is 0 Å². The summed E-state index contributed by atoms with van der Waals surface area (Å²) < 4.78 is 2.00. The van der Waals surface area contributed by atoms with Crippen LogP contribution >= 0.6 is 0 Å². The quantitative estimate of drug-likeness (QED) is 0.517. The number of pyridine rings is 1. The van der Waals surface area contributed by atoms with Gasteiger partial charge in [0.25, 0.3) is 0 Å². The fourth-order valence-electron chi connectivity index (χ4n) is 3.11. The van der Waals surface area contributed by atoms with Crippen LogP contribution in [0.4, 0.5) is 5.82 Å². The van der Waals surface area contributed by atoms with Crippen molar-refractivity contribution in [2.24, 2.45) is 0 Å². The number of rotatable bonds is 10. The van der Waals surface area contributed by atoms with Gasteiger partial charge in [0.15, 0.2) is 0 Å². The predicted octanol–water partition coefficient (Wildman–Crippen LogP) is 5.19. The van der Waals surface area contributed by atoms with E-state index in [9.17, 15) is 0 Å². The lowest BCUT2D eigenvalue weighted by molar-refractivity contribution is 0.443. The lowest BCUT2D eigenvalue weighted by Crippen LogP contribution is -2.20. The van der Waals surface area contributed by atoms with E-state index in [1.54, 1.807) is 0 Å². The van der Waals surface area contributed by atoms with Gasteiger partial charge in [-0.2, -0.15) is 0 Å². The first-order valence-electron chi connectivity index (χ1n) is 9.36. The molecule has 0 fully saturated rings. The van der Waals surface area contributed by atoms with Gasteiger partial charge in [-0.3, -0.25) is 0 Å². The van der Waals surface area contributed by atoms with Gasteiger partial charge in [-0.1, -0.05) is 62.4 Å². The molecule has 0 radical (unpaired) electrons. The summed E-state index contributed by atoms with van der Waals surface area (Å²) in [5, 5.41) is 12.2. The first-order chi connectivity index (χ1) is 12.4. The van der Waals surface area contributed by atoms with Crippen molar-refractivity contribution >= 4 is 16.9 Å². The summed E-state index contributed by atoms with van der Waals surface area (Å²) in [7, 11) is 0. The van der Waals surface area contributed by atoms with E-state index in [1.165, 1.54) is 38.5 Å². The van der Waals surface area contributed by atoms with Crippen LogP contribution in [0, 0.1) is 0 Å². The standard InChI is InChI=1S/C20H27N5/c1-2-3-4-5-6-7-15-20(22-19-14-10-11-16-21-19)25-18-13-9-8-12-17(18)23-24-25/h8-14,16,20H,2-7,15H2,1H3,(H,21,22). The summed E-state index contributed by atoms with van der Waals surface area (Å²) in [5.74, 6) is 0.873. The molecule has 3 aromatic rings. The van der Waals surface area contributed by atoms with E-state index < -0.39 is 0 Å². The molecular weight excluding hydrogens is 310 g/mol. The Labute approximate surface area is 149 Å². The highest BCUT2D eigenvalue weighted by atomic mass is 15.5. The highest BCUT2D eigenvalue weighted by Gasteiger charge is 2.15. The normalized spacial score (nSPS) is 12.4. The van der Waals surface area contributed by atoms with Gasteiger partial charge >= 0.3 is 0 Å². The Hall–Kier alpha value is -2.43. The summed E-state index contributed by atoms with van der Waals surface area (Å²) >= 11 is 0. The van der Waals surface area contributed by atoms with Crippen molar-refractivity contribution in [1.82, 2.24) is 20.0 Å². The number of para-hydroxylation sites is 1. The van der Waals surface area contributed by atoms with Gasteiger partial charge in [-0.15, -0.1) is 5.10 Å². The van der Waals surface area contributed by atoms with Crippen LogP contribution < -0.4 is 5.32 Å². The van der Waals surface area contributed by atoms with Crippen molar-refractivity contribution in [3.05, 3.63) is 48.7 Å². The Morgan fingerprint density at radius 3 is 2.60 bits per heavy atom. The molecule has 0 amide bonds. The Morgan fingerprint density at radius 2 is 1.76 bits per heavy atom. The number of fused-ring (bicyclic) bond motifs is 1. The molecule has 2 aromatic heterocycles. The molecule has 3 rings (SSSR count). The van der Waals surface area contributed by atoms with Crippen LogP contribution in [0.1, 0.15) is 58.0 Å². The molecule has 5 nitrogen and oxygen atoms in total. The molecule has 1 atom stereocenters. The SMILES string of the molecule is CCCCCCCCC(Nc1ccccn1)n1nnc2ccccc21. The third-order valence-corrected chi connectivity index (χ3v) is 4.48. The van der Waals surface area contributed by atoms with Crippen molar-refractivity contribution in [2.45, 2.75) is 58.0 Å². The number of nitrogens with one attached hydrogen (secondary N) is 1. The Kier molecular flexibility index (Phi) is 6.37. The molecule has 5 heteroatoms. The molecule has 1 aromatic carbocycles. The number of hydrogen-bond donors (Lipinski definition) is 1. The van der Waals surface area contributed by atoms with E-state index in [0.717, 1.165) is 23.3 Å². The number of anilines is 1. The van der Waals surface area contributed by atoms with Crippen LogP contribution in [0.15, 0.2) is 48.7 Å². The Morgan fingerprint density at radius 1 is 0.960 bits per heavy atom. The Bertz CT molecular complexity index is 753. The fraction of sp³-hybridized carbons (Fsp3) is 0.450. The minimum absolute atomic E-state index is 0.0634. The topological polar surface area (TPSA) is 55.6 Å². The number of aromatic nitrogens is 4. The number of unbranched alkanes of at least 4 members (excludes halogenated alkanes) is 5. The van der Waals surface area contributed by atoms with Gasteiger partial charge in [0, 0.05) is 6.20 Å². The highest BCUT2D eigenvalue weighted by molar-refractivity contribution is 5.74. The molecule has 0 saturated heterocycles. The zero-order valence-corrected chi connectivity index (χ0v) is 14.9. The van der Waals surface area contributed by atoms with Gasteiger partial charge in [-0.25, -0.2) is 9.67 Å². The van der Waals surface area contributed by atoms with Crippen LogP contribution in [-0.4, -0.2) is 20.0 Å². The summed E-state index contributed by atoms with van der Waals surface area (Å²) in [6.07, 6.45) is 10.6. The van der Waals surface area contributed by atoms with Crippen LogP contribution in [-0.2, 0) is 0 Å². The number of nitrogens with zero attached hydrogens (tertiary/aromatic N) is 4. The molecule has 2 heterocycles. The van der Waals surface area contributed by atoms with E-state index in [1.807, 2.05) is 47.3 Å². The summed E-state index contributed by atoms with van der Waals surface area (Å²) in [5.41, 5.74) is 1.99. The smallest absolute Gasteiger partial charge is 0.127 e. The van der Waals surface area contributed by atoms with Crippen molar-refractivity contribution in [1.29, 1.82) is 0 Å². The van der Waals surface area contributed by atoms with E-state index in [0.29, 0.717) is 0 Å². The Balaban J connectivity index is 1.70. The molecule has 0 aliphatic carbocycles. The molecule has 0 spiro atoms. The van der Waals surface area contributed by atoms with Crippen LogP contribution in [0.5, 0.6) is 0 Å². The van der Waals surface area contributed by atoms with Crippen LogP contribution in [0.2, 0.25) is 0 Å². The van der Waals surface area contributed by atoms with Gasteiger partial charge in [0.05, 0.1) is 5.52 Å². The maximum atomic E-state index is 4.40. The zero-order valence-electron chi connectivity index (χ0n) is 14.9. The predicted molar refractivity (Wildman–Crippen MR) is 102 cm³/mol. The first kappa shape index (κ1) is 17.4. The molecule has 0 aliphatic rings. The fourth-order valence-corrected chi connectivity index (χ4v) is 3.11. The highest BCUT2D eigenvalue weighted by Crippen LogP contribution is 2.22. The molecular formula is C20H27N5. The maximum Gasteiger partial charge on any atom is 0.127 e. The van der Waals surface area contributed by atoms with Crippen molar-refractivity contribution in [3.63, 3.8) is 0 Å². The summed E-state index contributed by atoms with van der Waals surface area (Å²) in [4.78, 5) is 4.40. The van der Waals surface area contributed by atoms with E-state index in [2.05, 4.69) is 33.6 Å². The summed E-state index contributed by atoms with van der Waals surface area (Å²) in [6, 6.07) is 14.0. The van der Waals surface area contributed by atoms with Crippen LogP contribution in [0.25, 0.3) is 11.0 Å². The van der Waals surface area contributed by atoms with E-state index >= 15 is 0 Å². The molecule has 0 bridgehead atoms. The second-order valence-electron chi connectivity index (χ2n) is 6.45. The molecule has 1 N–H and O–H groups in total. The lowest BCUT2D eigenvalue weighted by Gasteiger charge is -2.20.